The summed E-state index contributed by atoms with van der Waals surface area (Å²) in [5.41, 5.74) is 2.69. The standard InChI is InChI=1S/C23H30N2O2/c1-13-10-11-14(24-22(26)20-15-6-2-3-7-16(15)20)12-19(13)25-23(27)21-17-8-4-5-9-18(17)21/h10-12,15-18,20-21H,2-9H2,1H3,(H,24,26)(H,25,27)/t15-,16-,17-,18+,21?/m1/s1. The Morgan fingerprint density at radius 2 is 1.26 bits per heavy atom. The number of carbonyl (C=O) groups excluding carboxylic acids is 2. The molecule has 27 heavy (non-hydrogen) atoms. The fraction of sp³-hybridized carbons (Fsp3) is 0.652. The van der Waals surface area contributed by atoms with Crippen molar-refractivity contribution in [2.75, 3.05) is 10.6 Å². The molecule has 4 aliphatic carbocycles. The lowest BCUT2D eigenvalue weighted by Crippen LogP contribution is -2.18. The van der Waals surface area contributed by atoms with E-state index in [1.165, 1.54) is 51.4 Å². The van der Waals surface area contributed by atoms with Gasteiger partial charge in [0.15, 0.2) is 0 Å². The minimum absolute atomic E-state index is 0.168. The van der Waals surface area contributed by atoms with Crippen LogP contribution in [0.3, 0.4) is 0 Å². The quantitative estimate of drug-likeness (QED) is 0.808. The van der Waals surface area contributed by atoms with Crippen molar-refractivity contribution in [3.63, 3.8) is 0 Å². The zero-order valence-electron chi connectivity index (χ0n) is 16.2. The molecule has 4 aliphatic rings. The van der Waals surface area contributed by atoms with Crippen molar-refractivity contribution in [3.8, 4) is 0 Å². The Morgan fingerprint density at radius 1 is 0.778 bits per heavy atom. The second kappa shape index (κ2) is 6.65. The molecule has 4 nitrogen and oxygen atoms in total. The van der Waals surface area contributed by atoms with Gasteiger partial charge in [0.25, 0.3) is 0 Å². The van der Waals surface area contributed by atoms with Gasteiger partial charge >= 0.3 is 0 Å². The average Bonchev–Trinajstić information content (AvgIpc) is 3.56. The number of nitrogens with one attached hydrogen (secondary N) is 2. The summed E-state index contributed by atoms with van der Waals surface area (Å²) < 4.78 is 0. The third kappa shape index (κ3) is 3.17. The number of anilines is 2. The molecule has 0 spiro atoms. The number of hydrogen-bond donors (Lipinski definition) is 2. The average molecular weight is 367 g/mol. The maximum Gasteiger partial charge on any atom is 0.228 e. The van der Waals surface area contributed by atoms with E-state index >= 15 is 0 Å². The largest absolute Gasteiger partial charge is 0.326 e. The van der Waals surface area contributed by atoms with Crippen LogP contribution in [-0.2, 0) is 9.59 Å². The first-order chi connectivity index (χ1) is 13.1. The summed E-state index contributed by atoms with van der Waals surface area (Å²) >= 11 is 0. The van der Waals surface area contributed by atoms with Gasteiger partial charge < -0.3 is 10.6 Å². The molecular weight excluding hydrogens is 336 g/mol. The predicted octanol–water partition coefficient (Wildman–Crippen LogP) is 4.74. The van der Waals surface area contributed by atoms with E-state index in [1.54, 1.807) is 0 Å². The highest BCUT2D eigenvalue weighted by molar-refractivity contribution is 5.98. The van der Waals surface area contributed by atoms with E-state index in [0.29, 0.717) is 23.7 Å². The summed E-state index contributed by atoms with van der Waals surface area (Å²) in [7, 11) is 0. The van der Waals surface area contributed by atoms with Gasteiger partial charge in [-0.1, -0.05) is 31.7 Å². The van der Waals surface area contributed by atoms with Crippen LogP contribution in [0.2, 0.25) is 0 Å². The van der Waals surface area contributed by atoms with Gasteiger partial charge in [-0.05, 0) is 74.0 Å². The van der Waals surface area contributed by atoms with Gasteiger partial charge in [-0.2, -0.15) is 0 Å². The topological polar surface area (TPSA) is 58.2 Å². The fourth-order valence-electron chi connectivity index (χ4n) is 6.04. The second-order valence-electron chi connectivity index (χ2n) is 9.28. The molecule has 1 aromatic carbocycles. The molecule has 4 heteroatoms. The van der Waals surface area contributed by atoms with E-state index < -0.39 is 0 Å². The lowest BCUT2D eigenvalue weighted by molar-refractivity contribution is -0.118. The first kappa shape index (κ1) is 17.3. The summed E-state index contributed by atoms with van der Waals surface area (Å²) in [5.74, 6) is 3.21. The van der Waals surface area contributed by atoms with Gasteiger partial charge in [-0.25, -0.2) is 0 Å². The molecule has 5 atom stereocenters. The molecule has 2 N–H and O–H groups in total. The van der Waals surface area contributed by atoms with Gasteiger partial charge in [-0.3, -0.25) is 9.59 Å². The molecule has 0 radical (unpaired) electrons. The van der Waals surface area contributed by atoms with Crippen molar-refractivity contribution in [2.45, 2.75) is 58.3 Å². The van der Waals surface area contributed by atoms with Crippen molar-refractivity contribution in [2.24, 2.45) is 35.5 Å². The molecule has 144 valence electrons. The zero-order valence-corrected chi connectivity index (χ0v) is 16.2. The van der Waals surface area contributed by atoms with Crippen molar-refractivity contribution < 1.29 is 9.59 Å². The zero-order chi connectivity index (χ0) is 18.5. The number of aryl methyl sites for hydroxylation is 1. The molecule has 0 bridgehead atoms. The monoisotopic (exact) mass is 366 g/mol. The van der Waals surface area contributed by atoms with Gasteiger partial charge in [0.05, 0.1) is 0 Å². The van der Waals surface area contributed by atoms with Crippen LogP contribution in [0, 0.1) is 42.4 Å². The molecule has 4 saturated carbocycles. The molecule has 2 amide bonds. The van der Waals surface area contributed by atoms with Crippen LogP contribution >= 0.6 is 0 Å². The third-order valence-corrected chi connectivity index (χ3v) is 7.68. The smallest absolute Gasteiger partial charge is 0.228 e. The van der Waals surface area contributed by atoms with E-state index in [-0.39, 0.29) is 23.7 Å². The van der Waals surface area contributed by atoms with Crippen LogP contribution < -0.4 is 10.6 Å². The number of hydrogen-bond acceptors (Lipinski definition) is 2. The van der Waals surface area contributed by atoms with Gasteiger partial charge in [0.2, 0.25) is 11.8 Å². The Labute approximate surface area is 161 Å². The Hall–Kier alpha value is -1.84. The molecule has 0 aromatic heterocycles. The highest BCUT2D eigenvalue weighted by atomic mass is 16.2. The molecule has 0 heterocycles. The minimum Gasteiger partial charge on any atom is -0.326 e. The summed E-state index contributed by atoms with van der Waals surface area (Å²) in [5, 5.41) is 6.25. The maximum atomic E-state index is 12.7. The molecule has 5 rings (SSSR count). The van der Waals surface area contributed by atoms with E-state index in [4.69, 9.17) is 0 Å². The summed E-state index contributed by atoms with van der Waals surface area (Å²) in [6.45, 7) is 2.01. The van der Waals surface area contributed by atoms with Crippen LogP contribution in [0.1, 0.15) is 56.9 Å². The van der Waals surface area contributed by atoms with E-state index in [1.807, 2.05) is 25.1 Å². The maximum absolute atomic E-state index is 12.7. The lowest BCUT2D eigenvalue weighted by Gasteiger charge is -2.12. The van der Waals surface area contributed by atoms with Crippen LogP contribution in [0.4, 0.5) is 11.4 Å². The molecule has 0 saturated heterocycles. The van der Waals surface area contributed by atoms with Crippen LogP contribution in [0.25, 0.3) is 0 Å². The first-order valence-corrected chi connectivity index (χ1v) is 10.9. The van der Waals surface area contributed by atoms with E-state index in [0.717, 1.165) is 16.9 Å². The first-order valence-electron chi connectivity index (χ1n) is 10.9. The lowest BCUT2D eigenvalue weighted by atomic mass is 10.0. The SMILES string of the molecule is Cc1ccc(NC(=O)C2[C@@H]3CCCC[C@@H]23)cc1NC(=O)C1[C@H]2CCCC[C@@H]12. The van der Waals surface area contributed by atoms with Gasteiger partial charge in [0.1, 0.15) is 0 Å². The van der Waals surface area contributed by atoms with Crippen molar-refractivity contribution >= 4 is 23.2 Å². The summed E-state index contributed by atoms with van der Waals surface area (Å²) in [6, 6.07) is 5.88. The number of fused-ring (bicyclic) bond motifs is 2. The van der Waals surface area contributed by atoms with Crippen LogP contribution in [-0.4, -0.2) is 11.8 Å². The predicted molar refractivity (Wildman–Crippen MR) is 106 cm³/mol. The van der Waals surface area contributed by atoms with E-state index in [9.17, 15) is 9.59 Å². The minimum atomic E-state index is 0.168. The highest BCUT2D eigenvalue weighted by Gasteiger charge is 2.55. The van der Waals surface area contributed by atoms with Crippen molar-refractivity contribution in [3.05, 3.63) is 23.8 Å². The Balaban J connectivity index is 1.23. The van der Waals surface area contributed by atoms with Crippen molar-refractivity contribution in [1.29, 1.82) is 0 Å². The summed E-state index contributed by atoms with van der Waals surface area (Å²) in [4.78, 5) is 25.4. The van der Waals surface area contributed by atoms with Gasteiger partial charge in [-0.15, -0.1) is 0 Å². The number of amides is 2. The van der Waals surface area contributed by atoms with Gasteiger partial charge in [0, 0.05) is 23.2 Å². The third-order valence-electron chi connectivity index (χ3n) is 7.68. The molecule has 1 unspecified atom stereocenters. The number of carbonyl (C=O) groups is 2. The Morgan fingerprint density at radius 3 is 1.78 bits per heavy atom. The normalized spacial score (nSPS) is 36.2. The number of rotatable bonds is 4. The van der Waals surface area contributed by atoms with Crippen LogP contribution in [0.15, 0.2) is 18.2 Å². The van der Waals surface area contributed by atoms with Crippen LogP contribution in [0.5, 0.6) is 0 Å². The Bertz CT molecular complexity index is 750. The van der Waals surface area contributed by atoms with Crippen molar-refractivity contribution in [1.82, 2.24) is 0 Å². The second-order valence-corrected chi connectivity index (χ2v) is 9.28. The molecule has 0 aliphatic heterocycles. The molecular formula is C23H30N2O2. The highest BCUT2D eigenvalue weighted by Crippen LogP contribution is 2.56. The Kier molecular flexibility index (Phi) is 4.25. The number of benzene rings is 1. The molecule has 1 aromatic rings. The molecule has 4 fully saturated rings. The van der Waals surface area contributed by atoms with E-state index in [2.05, 4.69) is 10.6 Å². The summed E-state index contributed by atoms with van der Waals surface area (Å²) in [6.07, 6.45) is 9.93. The fourth-order valence-corrected chi connectivity index (χ4v) is 6.04.